The maximum atomic E-state index is 11.7. The van der Waals surface area contributed by atoms with Crippen LogP contribution in [0.5, 0.6) is 0 Å². The summed E-state index contributed by atoms with van der Waals surface area (Å²) in [6.45, 7) is 0. The average molecular weight is 494 g/mol. The Balaban J connectivity index is 0.000000167. The average Bonchev–Trinajstić information content (AvgIpc) is 3.07. The minimum absolute atomic E-state index is 0.0216. The molecule has 0 radical (unpaired) electrons. The second-order valence-corrected chi connectivity index (χ2v) is 5.25. The van der Waals surface area contributed by atoms with E-state index in [9.17, 15) is 4.79 Å². The van der Waals surface area contributed by atoms with Crippen molar-refractivity contribution in [1.82, 2.24) is 15.5 Å². The third kappa shape index (κ3) is 3.95. The van der Waals surface area contributed by atoms with Crippen molar-refractivity contribution in [2.45, 2.75) is 24.9 Å². The Hall–Kier alpha value is -1.21. The summed E-state index contributed by atoms with van der Waals surface area (Å²) in [5.74, 6) is 0.153. The number of hydrogen-bond acceptors (Lipinski definition) is 4. The van der Waals surface area contributed by atoms with Gasteiger partial charge in [0.15, 0.2) is 5.78 Å². The van der Waals surface area contributed by atoms with Crippen LogP contribution in [-0.4, -0.2) is 22.0 Å². The van der Waals surface area contributed by atoms with E-state index in [4.69, 9.17) is 15.1 Å². The van der Waals surface area contributed by atoms with Gasteiger partial charge in [-0.3, -0.25) is 9.89 Å². The quantitative estimate of drug-likeness (QED) is 0.553. The van der Waals surface area contributed by atoms with Crippen LogP contribution in [0, 0.1) is 12.5 Å². The molecule has 0 amide bonds. The summed E-state index contributed by atoms with van der Waals surface area (Å²) >= 11 is 6.13. The number of carbonyl (C=O) groups is 1. The second kappa shape index (κ2) is 8.43. The fraction of sp³-hybridized carbons (Fsp3) is 0.267. The van der Waals surface area contributed by atoms with E-state index >= 15 is 0 Å². The molecule has 1 saturated heterocycles. The molecule has 22 heavy (non-hydrogen) atoms. The van der Waals surface area contributed by atoms with Gasteiger partial charge in [-0.05, 0) is 0 Å². The van der Waals surface area contributed by atoms with E-state index in [0.29, 0.717) is 30.3 Å². The van der Waals surface area contributed by atoms with E-state index in [2.05, 4.69) is 28.0 Å². The topological polar surface area (TPSA) is 74.8 Å². The number of fused-ring (bicyclic) bond motifs is 4. The predicted octanol–water partition coefficient (Wildman–Crippen LogP) is 2.62. The van der Waals surface area contributed by atoms with Gasteiger partial charge in [0, 0.05) is 17.6 Å². The molecular weight excluding hydrogens is 480 g/mol. The Morgan fingerprint density at radius 3 is 2.59 bits per heavy atom. The summed E-state index contributed by atoms with van der Waals surface area (Å²) in [5, 5.41) is 10.8. The van der Waals surface area contributed by atoms with Crippen LogP contribution in [0.3, 0.4) is 0 Å². The zero-order valence-corrected chi connectivity index (χ0v) is 14.8. The molecule has 1 fully saturated rings. The van der Waals surface area contributed by atoms with E-state index in [1.54, 1.807) is 30.5 Å². The normalized spacial score (nSPS) is 21.6. The molecule has 2 aliphatic heterocycles. The Bertz CT molecular complexity index is 620. The molecule has 2 aromatic rings. The molecule has 2 unspecified atom stereocenters. The van der Waals surface area contributed by atoms with Crippen LogP contribution >= 0.6 is 11.6 Å². The number of aromatic nitrogens is 2. The molecular formula is C15H14ClN3O2Os-2. The van der Waals surface area contributed by atoms with Crippen LogP contribution in [0.4, 0.5) is 0 Å². The van der Waals surface area contributed by atoms with Crippen molar-refractivity contribution in [3.8, 4) is 0 Å². The van der Waals surface area contributed by atoms with Gasteiger partial charge >= 0.3 is 22.1 Å². The van der Waals surface area contributed by atoms with Crippen LogP contribution in [-0.2, 0) is 22.1 Å². The first-order valence-electron chi connectivity index (χ1n) is 6.67. The predicted molar refractivity (Wildman–Crippen MR) is 77.1 cm³/mol. The van der Waals surface area contributed by atoms with Gasteiger partial charge < -0.3 is 11.7 Å². The molecule has 7 heteroatoms. The summed E-state index contributed by atoms with van der Waals surface area (Å²) in [4.78, 5) is 11.7. The van der Waals surface area contributed by atoms with Crippen molar-refractivity contribution >= 4 is 17.4 Å². The summed E-state index contributed by atoms with van der Waals surface area (Å²) in [7, 11) is 0. The van der Waals surface area contributed by atoms with Crippen molar-refractivity contribution < 1.29 is 26.9 Å². The Morgan fingerprint density at radius 2 is 1.95 bits per heavy atom. The first-order valence-corrected chi connectivity index (χ1v) is 8.08. The molecule has 2 aliphatic rings. The van der Waals surface area contributed by atoms with Gasteiger partial charge in [-0.1, -0.05) is 5.02 Å². The summed E-state index contributed by atoms with van der Waals surface area (Å²) in [6, 6.07) is 10.3. The van der Waals surface area contributed by atoms with E-state index in [0.717, 1.165) is 23.4 Å². The molecule has 1 aromatic carbocycles. The molecule has 2 bridgehead atoms. The first-order chi connectivity index (χ1) is 10.8. The number of rotatable bonds is 0. The number of ketones is 1. The molecule has 118 valence electrons. The number of Topliss-reactive ketones (excluding diaryl/α,β-unsaturated/α-hetero) is 1. The van der Waals surface area contributed by atoms with Crippen LogP contribution in [0.2, 0.25) is 5.02 Å². The third-order valence-electron chi connectivity index (χ3n) is 3.49. The summed E-state index contributed by atoms with van der Waals surface area (Å²) in [5.41, 5.74) is 1.74. The number of H-pyrrole nitrogens is 1. The van der Waals surface area contributed by atoms with Crippen LogP contribution in [0.1, 0.15) is 34.9 Å². The molecule has 0 aliphatic carbocycles. The van der Waals surface area contributed by atoms with Crippen molar-refractivity contribution in [2.24, 2.45) is 0 Å². The van der Waals surface area contributed by atoms with Crippen molar-refractivity contribution in [3.05, 3.63) is 59.2 Å². The molecule has 1 aromatic heterocycles. The van der Waals surface area contributed by atoms with Crippen LogP contribution < -0.4 is 5.32 Å². The number of nitrogens with zero attached hydrogens (tertiary/aromatic N) is 1. The van der Waals surface area contributed by atoms with Crippen LogP contribution in [0.15, 0.2) is 30.5 Å². The zero-order valence-electron chi connectivity index (χ0n) is 11.5. The second-order valence-electron chi connectivity index (χ2n) is 4.81. The molecule has 2 N–H and O–H groups in total. The van der Waals surface area contributed by atoms with Gasteiger partial charge in [-0.15, -0.1) is 11.6 Å². The van der Waals surface area contributed by atoms with Gasteiger partial charge in [0.05, 0.1) is 6.20 Å². The standard InChI is InChI=1S/C9H10N3O.C6H4Cl.O.Os/c13-9-7-3-1-2-6(11-7)5-4-10-12-8(5)9;7-6-4-2-1-3-5-6;;/h1,4,6-7,11H,2-3H2,(H,10,12);2-5H;;/q2*-1;;. The van der Waals surface area contributed by atoms with Gasteiger partial charge in [0.2, 0.25) is 0 Å². The zero-order chi connectivity index (χ0) is 15.9. The Morgan fingerprint density at radius 1 is 1.27 bits per heavy atom. The van der Waals surface area contributed by atoms with E-state index in [-0.39, 0.29) is 11.8 Å². The van der Waals surface area contributed by atoms with Gasteiger partial charge in [0.1, 0.15) is 5.69 Å². The third-order valence-corrected chi connectivity index (χ3v) is 3.74. The summed E-state index contributed by atoms with van der Waals surface area (Å²) < 4.78 is 8.28. The van der Waals surface area contributed by atoms with Gasteiger partial charge in [-0.25, -0.2) is 0 Å². The fourth-order valence-electron chi connectivity index (χ4n) is 2.51. The molecule has 0 saturated carbocycles. The van der Waals surface area contributed by atoms with Crippen LogP contribution in [0.25, 0.3) is 0 Å². The van der Waals surface area contributed by atoms with Gasteiger partial charge in [-0.2, -0.15) is 48.3 Å². The van der Waals surface area contributed by atoms with E-state index in [1.165, 1.54) is 0 Å². The van der Waals surface area contributed by atoms with E-state index < -0.39 is 0 Å². The van der Waals surface area contributed by atoms with Crippen molar-refractivity contribution in [3.63, 3.8) is 0 Å². The molecule has 0 spiro atoms. The summed E-state index contributed by atoms with van der Waals surface area (Å²) in [6.07, 6.45) is 5.77. The number of halogens is 1. The number of aromatic amines is 1. The molecule has 5 nitrogen and oxygen atoms in total. The van der Waals surface area contributed by atoms with Crippen molar-refractivity contribution in [2.75, 3.05) is 0 Å². The van der Waals surface area contributed by atoms with Gasteiger partial charge in [0.25, 0.3) is 0 Å². The fourth-order valence-corrected chi connectivity index (χ4v) is 2.63. The maximum absolute atomic E-state index is 11.7. The molecule has 2 atom stereocenters. The minimum atomic E-state index is -0.0216. The number of carbonyl (C=O) groups excluding carboxylic acids is 1. The Labute approximate surface area is 144 Å². The number of nitrogens with one attached hydrogen (secondary N) is 2. The number of piperidine rings is 1. The van der Waals surface area contributed by atoms with Crippen molar-refractivity contribution in [1.29, 1.82) is 0 Å². The number of benzene rings is 1. The van der Waals surface area contributed by atoms with E-state index in [1.807, 2.05) is 0 Å². The number of hydrogen-bond donors (Lipinski definition) is 2. The monoisotopic (exact) mass is 495 g/mol. The SMILES string of the molecule is Clc1cc[c-]cc1.O=C1c2[nH]ncc2C2C[CH-]CC1N2.[O]=[Os]. The first kappa shape index (κ1) is 17.1. The Kier molecular flexibility index (Phi) is 6.57. The molecule has 4 rings (SSSR count). The molecule has 3 heterocycles.